The van der Waals surface area contributed by atoms with Crippen molar-refractivity contribution in [2.75, 3.05) is 4.90 Å². The maximum Gasteiger partial charge on any atom is 0.0645 e. The van der Waals surface area contributed by atoms with Gasteiger partial charge in [-0.2, -0.15) is 0 Å². The lowest BCUT2D eigenvalue weighted by atomic mass is 9.89. The first kappa shape index (κ1) is 36.0. The normalized spacial score (nSPS) is 11.7. The van der Waals surface area contributed by atoms with E-state index in [0.717, 1.165) is 67.0 Å². The Bertz CT molecular complexity index is 3540. The highest BCUT2D eigenvalue weighted by Crippen LogP contribution is 2.45. The van der Waals surface area contributed by atoms with Gasteiger partial charge in [-0.25, -0.2) is 0 Å². The third kappa shape index (κ3) is 7.93. The predicted molar refractivity (Wildman–Crippen MR) is 277 cm³/mol. The molecular weight excluding hydrogens is 783 g/mol. The Balaban J connectivity index is 1.09. The molecule has 1 nitrogen and oxygen atoms in total. The van der Waals surface area contributed by atoms with Crippen LogP contribution in [0, 0.1) is 0 Å². The molecule has 0 aliphatic carbocycles. The SMILES string of the molecule is [2H]c1c([2H])c(N(c2ccc(-c3ccc(-c4ccccc4)c(-c4ccccc4)c3)cc2)c2ccc(-c3ccc4ccccc4c3-c3ccccc3)cc2)c(-c2ccccc2)c([2H])c1-c1ccccc1. The van der Waals surface area contributed by atoms with Crippen LogP contribution in [0.4, 0.5) is 17.1 Å². The van der Waals surface area contributed by atoms with Crippen molar-refractivity contribution in [2.45, 2.75) is 0 Å². The van der Waals surface area contributed by atoms with E-state index in [1.54, 1.807) is 0 Å². The van der Waals surface area contributed by atoms with Crippen molar-refractivity contribution in [3.8, 4) is 77.9 Å². The van der Waals surface area contributed by atoms with Crippen molar-refractivity contribution in [1.82, 2.24) is 0 Å². The van der Waals surface area contributed by atoms with Crippen molar-refractivity contribution < 1.29 is 4.11 Å². The lowest BCUT2D eigenvalue weighted by Crippen LogP contribution is -2.11. The molecule has 0 heterocycles. The number of benzene rings is 11. The van der Waals surface area contributed by atoms with Gasteiger partial charge in [-0.3, -0.25) is 0 Å². The fraction of sp³-hybridized carbons (Fsp3) is 0. The summed E-state index contributed by atoms with van der Waals surface area (Å²) in [5.74, 6) is 0. The molecular formula is C64H45N. The molecule has 0 aromatic heterocycles. The van der Waals surface area contributed by atoms with Crippen molar-refractivity contribution in [3.05, 3.63) is 273 Å². The average molecular weight is 831 g/mol. The molecule has 0 bridgehead atoms. The van der Waals surface area contributed by atoms with Gasteiger partial charge in [0, 0.05) is 16.9 Å². The third-order valence-electron chi connectivity index (χ3n) is 12.2. The van der Waals surface area contributed by atoms with Crippen LogP contribution < -0.4 is 4.90 Å². The van der Waals surface area contributed by atoms with Gasteiger partial charge < -0.3 is 4.90 Å². The van der Waals surface area contributed by atoms with Crippen molar-refractivity contribution >= 4 is 27.8 Å². The molecule has 0 unspecified atom stereocenters. The molecule has 0 saturated heterocycles. The molecule has 1 heteroatoms. The van der Waals surface area contributed by atoms with E-state index in [-0.39, 0.29) is 18.1 Å². The number of rotatable bonds is 10. The van der Waals surface area contributed by atoms with Gasteiger partial charge in [0.15, 0.2) is 0 Å². The van der Waals surface area contributed by atoms with Crippen LogP contribution in [0.5, 0.6) is 0 Å². The van der Waals surface area contributed by atoms with Gasteiger partial charge in [0.2, 0.25) is 0 Å². The molecule has 0 radical (unpaired) electrons. The lowest BCUT2D eigenvalue weighted by molar-refractivity contribution is 1.28. The Kier molecular flexibility index (Phi) is 9.80. The molecule has 11 aromatic carbocycles. The lowest BCUT2D eigenvalue weighted by Gasteiger charge is -2.29. The van der Waals surface area contributed by atoms with Crippen LogP contribution in [0.3, 0.4) is 0 Å². The fourth-order valence-electron chi connectivity index (χ4n) is 9.01. The highest BCUT2D eigenvalue weighted by molar-refractivity contribution is 6.04. The molecule has 0 aliphatic heterocycles. The Morgan fingerprint density at radius 1 is 0.277 bits per heavy atom. The summed E-state index contributed by atoms with van der Waals surface area (Å²) in [5.41, 5.74) is 15.9. The Morgan fingerprint density at radius 2 is 0.708 bits per heavy atom. The second-order valence-electron chi connectivity index (χ2n) is 16.2. The zero-order valence-electron chi connectivity index (χ0n) is 38.7. The van der Waals surface area contributed by atoms with E-state index in [0.29, 0.717) is 16.8 Å². The largest absolute Gasteiger partial charge is 0.310 e. The summed E-state index contributed by atoms with van der Waals surface area (Å²) in [6, 6.07) is 87.9. The molecule has 0 saturated carbocycles. The summed E-state index contributed by atoms with van der Waals surface area (Å²) in [6.07, 6.45) is 0. The summed E-state index contributed by atoms with van der Waals surface area (Å²) in [4.78, 5) is 2.06. The zero-order chi connectivity index (χ0) is 46.0. The Hall–Kier alpha value is -8.52. The van der Waals surface area contributed by atoms with E-state index in [1.807, 2.05) is 72.8 Å². The number of nitrogens with zero attached hydrogens (tertiary/aromatic N) is 1. The minimum atomic E-state index is 0.00438. The Labute approximate surface area is 386 Å². The van der Waals surface area contributed by atoms with Crippen molar-refractivity contribution in [3.63, 3.8) is 0 Å². The molecule has 0 aliphatic rings. The second-order valence-corrected chi connectivity index (χ2v) is 16.2. The fourth-order valence-corrected chi connectivity index (χ4v) is 9.01. The second kappa shape index (κ2) is 17.7. The van der Waals surface area contributed by atoms with Crippen LogP contribution in [0.2, 0.25) is 0 Å². The van der Waals surface area contributed by atoms with Gasteiger partial charge in [0.05, 0.1) is 9.80 Å². The first-order valence-electron chi connectivity index (χ1n) is 23.6. The average Bonchev–Trinajstić information content (AvgIpc) is 3.41. The molecule has 11 rings (SSSR count). The van der Waals surface area contributed by atoms with Crippen molar-refractivity contribution in [1.29, 1.82) is 0 Å². The monoisotopic (exact) mass is 830 g/mol. The van der Waals surface area contributed by atoms with E-state index in [9.17, 15) is 4.11 Å². The summed E-state index contributed by atoms with van der Waals surface area (Å²) >= 11 is 0. The highest BCUT2D eigenvalue weighted by atomic mass is 15.1. The van der Waals surface area contributed by atoms with E-state index < -0.39 is 0 Å². The van der Waals surface area contributed by atoms with Crippen molar-refractivity contribution in [2.24, 2.45) is 0 Å². The molecule has 0 amide bonds. The number of fused-ring (bicyclic) bond motifs is 1. The van der Waals surface area contributed by atoms with Crippen LogP contribution in [0.15, 0.2) is 273 Å². The first-order valence-corrected chi connectivity index (χ1v) is 22.1. The van der Waals surface area contributed by atoms with Gasteiger partial charge in [-0.1, -0.05) is 230 Å². The van der Waals surface area contributed by atoms with E-state index >= 15 is 0 Å². The van der Waals surface area contributed by atoms with Crippen LogP contribution in [0.1, 0.15) is 4.11 Å². The van der Waals surface area contributed by atoms with Gasteiger partial charge in [0.25, 0.3) is 0 Å². The van der Waals surface area contributed by atoms with Crippen LogP contribution in [-0.4, -0.2) is 0 Å². The minimum Gasteiger partial charge on any atom is -0.310 e. The topological polar surface area (TPSA) is 3.24 Å². The smallest absolute Gasteiger partial charge is 0.0645 e. The Morgan fingerprint density at radius 3 is 1.31 bits per heavy atom. The third-order valence-corrected chi connectivity index (χ3v) is 12.2. The van der Waals surface area contributed by atoms with E-state index in [4.69, 9.17) is 0 Å². The summed E-state index contributed by atoms with van der Waals surface area (Å²) in [7, 11) is 0. The highest BCUT2D eigenvalue weighted by Gasteiger charge is 2.20. The predicted octanol–water partition coefficient (Wildman–Crippen LogP) is 18.0. The summed E-state index contributed by atoms with van der Waals surface area (Å²) < 4.78 is 29.5. The van der Waals surface area contributed by atoms with E-state index in [1.165, 1.54) is 21.9 Å². The summed E-state index contributed by atoms with van der Waals surface area (Å²) in [5, 5.41) is 2.36. The maximum atomic E-state index is 9.94. The number of hydrogen-bond acceptors (Lipinski definition) is 1. The van der Waals surface area contributed by atoms with Gasteiger partial charge in [-0.05, 0) is 126 Å². The zero-order valence-corrected chi connectivity index (χ0v) is 35.7. The number of anilines is 3. The quantitative estimate of drug-likeness (QED) is 0.133. The van der Waals surface area contributed by atoms with Gasteiger partial charge >= 0.3 is 0 Å². The molecule has 11 aromatic rings. The molecule has 0 atom stereocenters. The van der Waals surface area contributed by atoms with Gasteiger partial charge in [-0.15, -0.1) is 0 Å². The molecule has 306 valence electrons. The van der Waals surface area contributed by atoms with Crippen LogP contribution in [0.25, 0.3) is 88.7 Å². The number of hydrogen-bond donors (Lipinski definition) is 0. The van der Waals surface area contributed by atoms with Crippen LogP contribution >= 0.6 is 0 Å². The van der Waals surface area contributed by atoms with E-state index in [2.05, 4.69) is 187 Å². The molecule has 0 fully saturated rings. The minimum absolute atomic E-state index is 0.00438. The van der Waals surface area contributed by atoms with Crippen LogP contribution in [-0.2, 0) is 0 Å². The standard InChI is InChI=1S/C64H45N/c1-6-18-46(19-7-1)55-36-43-63(62(45-55)50-24-12-4-13-25-50)65(57-39-32-52(33-40-57)60-42-34-51-26-16-17-29-59(51)64(60)53-27-14-5-15-28-53)56-37-30-47(31-38-56)54-35-41-58(48-20-8-2-9-21-48)61(44-54)49-22-10-3-11-23-49/h1-45H/i36D,43D,45D. The molecule has 65 heavy (non-hydrogen) atoms. The molecule has 0 N–H and O–H groups in total. The first-order chi connectivity index (χ1) is 33.5. The summed E-state index contributed by atoms with van der Waals surface area (Å²) in [6.45, 7) is 0. The van der Waals surface area contributed by atoms with Gasteiger partial charge in [0.1, 0.15) is 0 Å². The molecule has 0 spiro atoms. The maximum absolute atomic E-state index is 9.94.